The maximum Gasteiger partial charge on any atom is 0.322 e. The van der Waals surface area contributed by atoms with E-state index in [1.165, 1.54) is 11.3 Å². The van der Waals surface area contributed by atoms with Gasteiger partial charge in [-0.25, -0.2) is 0 Å². The van der Waals surface area contributed by atoms with Crippen LogP contribution in [0, 0.1) is 0 Å². The summed E-state index contributed by atoms with van der Waals surface area (Å²) < 4.78 is 0. The second kappa shape index (κ2) is 6.57. The molecule has 0 aromatic heterocycles. The molecule has 0 aliphatic carbocycles. The number of nitrogens with one attached hydrogen (secondary N) is 1. The van der Waals surface area contributed by atoms with Gasteiger partial charge in [-0.2, -0.15) is 0 Å². The molecule has 0 radical (unpaired) electrons. The fourth-order valence-corrected chi connectivity index (χ4v) is 2.57. The van der Waals surface area contributed by atoms with Crippen molar-refractivity contribution in [2.45, 2.75) is 32.2 Å². The molecule has 104 valence electrons. The average Bonchev–Trinajstić information content (AvgIpc) is 2.43. The molecule has 1 unspecified atom stereocenters. The second-order valence-corrected chi connectivity index (χ2v) is 5.02. The van der Waals surface area contributed by atoms with Gasteiger partial charge in [0.15, 0.2) is 0 Å². The Balaban J connectivity index is 2.08. The maximum absolute atomic E-state index is 11.3. The Morgan fingerprint density at radius 1 is 1.47 bits per heavy atom. The Morgan fingerprint density at radius 3 is 3.00 bits per heavy atom. The standard InChI is InChI=1S/C15H22N2O2/c1-2-9-16-13(15(18)19)11-17-10-5-7-12-6-3-4-8-14(12)17/h3-4,6,8,13,16H,2,5,7,9-11H2,1H3,(H,18,19). The molecule has 1 aromatic rings. The van der Waals surface area contributed by atoms with Crippen LogP contribution in [-0.2, 0) is 11.2 Å². The lowest BCUT2D eigenvalue weighted by molar-refractivity contribution is -0.139. The van der Waals surface area contributed by atoms with E-state index in [4.69, 9.17) is 0 Å². The quantitative estimate of drug-likeness (QED) is 0.822. The lowest BCUT2D eigenvalue weighted by atomic mass is 10.0. The number of hydrogen-bond acceptors (Lipinski definition) is 3. The number of carboxylic acids is 1. The third-order valence-corrected chi connectivity index (χ3v) is 3.55. The van der Waals surface area contributed by atoms with Gasteiger partial charge in [-0.1, -0.05) is 25.1 Å². The van der Waals surface area contributed by atoms with Crippen molar-refractivity contribution in [2.24, 2.45) is 0 Å². The van der Waals surface area contributed by atoms with Gasteiger partial charge < -0.3 is 15.3 Å². The van der Waals surface area contributed by atoms with Gasteiger partial charge in [0.05, 0.1) is 0 Å². The number of carboxylic acid groups (broad SMARTS) is 1. The van der Waals surface area contributed by atoms with Gasteiger partial charge in [0.25, 0.3) is 0 Å². The minimum atomic E-state index is -0.767. The smallest absolute Gasteiger partial charge is 0.322 e. The van der Waals surface area contributed by atoms with Crippen LogP contribution in [0.25, 0.3) is 0 Å². The van der Waals surface area contributed by atoms with Gasteiger partial charge in [0.1, 0.15) is 6.04 Å². The minimum absolute atomic E-state index is 0.494. The van der Waals surface area contributed by atoms with Crippen LogP contribution in [-0.4, -0.2) is 36.8 Å². The largest absolute Gasteiger partial charge is 0.480 e. The molecule has 1 aromatic carbocycles. The third kappa shape index (κ3) is 3.47. The molecule has 4 heteroatoms. The fourth-order valence-electron chi connectivity index (χ4n) is 2.57. The summed E-state index contributed by atoms with van der Waals surface area (Å²) in [6.45, 7) is 4.26. The Labute approximate surface area is 114 Å². The lowest BCUT2D eigenvalue weighted by Gasteiger charge is -2.33. The molecule has 2 rings (SSSR count). The topological polar surface area (TPSA) is 52.6 Å². The molecule has 4 nitrogen and oxygen atoms in total. The monoisotopic (exact) mass is 262 g/mol. The summed E-state index contributed by atoms with van der Waals surface area (Å²) in [5.41, 5.74) is 2.52. The highest BCUT2D eigenvalue weighted by Crippen LogP contribution is 2.26. The zero-order valence-electron chi connectivity index (χ0n) is 11.4. The van der Waals surface area contributed by atoms with E-state index < -0.39 is 12.0 Å². The summed E-state index contributed by atoms with van der Waals surface area (Å²) >= 11 is 0. The number of benzene rings is 1. The summed E-state index contributed by atoms with van der Waals surface area (Å²) in [5, 5.41) is 12.4. The molecule has 0 spiro atoms. The summed E-state index contributed by atoms with van der Waals surface area (Å²) in [6.07, 6.45) is 3.13. The highest BCUT2D eigenvalue weighted by molar-refractivity contribution is 5.74. The number of para-hydroxylation sites is 1. The molecule has 0 fully saturated rings. The van der Waals surface area contributed by atoms with Crippen LogP contribution in [0.2, 0.25) is 0 Å². The number of aliphatic carboxylic acids is 1. The first-order chi connectivity index (χ1) is 9.22. The minimum Gasteiger partial charge on any atom is -0.480 e. The lowest BCUT2D eigenvalue weighted by Crippen LogP contribution is -2.47. The normalized spacial score (nSPS) is 15.9. The van der Waals surface area contributed by atoms with Crippen LogP contribution in [0.1, 0.15) is 25.3 Å². The van der Waals surface area contributed by atoms with Gasteiger partial charge in [0, 0.05) is 18.8 Å². The van der Waals surface area contributed by atoms with E-state index in [2.05, 4.69) is 22.3 Å². The van der Waals surface area contributed by atoms with E-state index in [1.54, 1.807) is 0 Å². The van der Waals surface area contributed by atoms with Crippen molar-refractivity contribution in [2.75, 3.05) is 24.5 Å². The predicted molar refractivity (Wildman–Crippen MR) is 76.7 cm³/mol. The number of anilines is 1. The summed E-state index contributed by atoms with van der Waals surface area (Å²) in [6, 6.07) is 7.80. The number of hydrogen-bond donors (Lipinski definition) is 2. The molecule has 1 atom stereocenters. The molecule has 0 bridgehead atoms. The van der Waals surface area contributed by atoms with Gasteiger partial charge >= 0.3 is 5.97 Å². The van der Waals surface area contributed by atoms with Crippen LogP contribution in [0.4, 0.5) is 5.69 Å². The zero-order chi connectivity index (χ0) is 13.7. The first kappa shape index (κ1) is 13.9. The number of rotatable bonds is 6. The van der Waals surface area contributed by atoms with Crippen molar-refractivity contribution in [1.29, 1.82) is 0 Å². The molecule has 0 amide bonds. The van der Waals surface area contributed by atoms with Gasteiger partial charge in [-0.3, -0.25) is 4.79 Å². The van der Waals surface area contributed by atoms with Crippen molar-refractivity contribution >= 4 is 11.7 Å². The first-order valence-corrected chi connectivity index (χ1v) is 7.01. The van der Waals surface area contributed by atoms with Crippen molar-refractivity contribution < 1.29 is 9.90 Å². The molecule has 19 heavy (non-hydrogen) atoms. The molecule has 1 aliphatic heterocycles. The Morgan fingerprint density at radius 2 is 2.26 bits per heavy atom. The molecule has 1 aliphatic rings. The number of aryl methyl sites for hydroxylation is 1. The fraction of sp³-hybridized carbons (Fsp3) is 0.533. The summed E-state index contributed by atoms with van der Waals surface area (Å²) in [4.78, 5) is 13.5. The van der Waals surface area contributed by atoms with Crippen molar-refractivity contribution in [3.05, 3.63) is 29.8 Å². The van der Waals surface area contributed by atoms with Crippen LogP contribution < -0.4 is 10.2 Å². The van der Waals surface area contributed by atoms with E-state index in [1.807, 2.05) is 19.1 Å². The number of fused-ring (bicyclic) bond motifs is 1. The predicted octanol–water partition coefficient (Wildman–Crippen LogP) is 1.89. The van der Waals surface area contributed by atoms with Gasteiger partial charge in [-0.05, 0) is 37.4 Å². The Hall–Kier alpha value is -1.55. The average molecular weight is 262 g/mol. The van der Waals surface area contributed by atoms with E-state index in [-0.39, 0.29) is 0 Å². The highest BCUT2D eigenvalue weighted by Gasteiger charge is 2.23. The van der Waals surface area contributed by atoms with Gasteiger partial charge in [-0.15, -0.1) is 0 Å². The van der Waals surface area contributed by atoms with E-state index in [0.717, 1.165) is 32.4 Å². The third-order valence-electron chi connectivity index (χ3n) is 3.55. The second-order valence-electron chi connectivity index (χ2n) is 5.02. The first-order valence-electron chi connectivity index (χ1n) is 7.01. The SMILES string of the molecule is CCCNC(CN1CCCc2ccccc21)C(=O)O. The molecule has 0 saturated heterocycles. The zero-order valence-corrected chi connectivity index (χ0v) is 11.4. The van der Waals surface area contributed by atoms with Crippen LogP contribution in [0.3, 0.4) is 0 Å². The van der Waals surface area contributed by atoms with E-state index in [9.17, 15) is 9.90 Å². The molecular weight excluding hydrogens is 240 g/mol. The molecular formula is C15H22N2O2. The Kier molecular flexibility index (Phi) is 4.80. The van der Waals surface area contributed by atoms with Crippen LogP contribution in [0.5, 0.6) is 0 Å². The van der Waals surface area contributed by atoms with Crippen LogP contribution >= 0.6 is 0 Å². The van der Waals surface area contributed by atoms with Crippen molar-refractivity contribution in [3.8, 4) is 0 Å². The Bertz CT molecular complexity index is 434. The molecule has 1 heterocycles. The van der Waals surface area contributed by atoms with Crippen molar-refractivity contribution in [1.82, 2.24) is 5.32 Å². The van der Waals surface area contributed by atoms with Gasteiger partial charge in [0.2, 0.25) is 0 Å². The van der Waals surface area contributed by atoms with E-state index >= 15 is 0 Å². The van der Waals surface area contributed by atoms with E-state index in [0.29, 0.717) is 6.54 Å². The maximum atomic E-state index is 11.3. The summed E-state index contributed by atoms with van der Waals surface area (Å²) in [5.74, 6) is -0.767. The van der Waals surface area contributed by atoms with Crippen LogP contribution in [0.15, 0.2) is 24.3 Å². The number of nitrogens with zero attached hydrogens (tertiary/aromatic N) is 1. The number of carbonyl (C=O) groups is 1. The molecule has 0 saturated carbocycles. The molecule has 2 N–H and O–H groups in total. The summed E-state index contributed by atoms with van der Waals surface area (Å²) in [7, 11) is 0. The highest BCUT2D eigenvalue weighted by atomic mass is 16.4. The van der Waals surface area contributed by atoms with Crippen molar-refractivity contribution in [3.63, 3.8) is 0 Å².